The molecule has 0 N–H and O–H groups in total. The zero-order chi connectivity index (χ0) is 16.8. The van der Waals surface area contributed by atoms with Crippen molar-refractivity contribution >= 4 is 17.5 Å². The van der Waals surface area contributed by atoms with E-state index < -0.39 is 11.8 Å². The highest BCUT2D eigenvalue weighted by atomic mass is 16.5. The van der Waals surface area contributed by atoms with Crippen LogP contribution in [0.3, 0.4) is 0 Å². The summed E-state index contributed by atoms with van der Waals surface area (Å²) >= 11 is 0. The third-order valence-electron chi connectivity index (χ3n) is 4.68. The van der Waals surface area contributed by atoms with Crippen molar-refractivity contribution < 1.29 is 19.1 Å². The van der Waals surface area contributed by atoms with Crippen LogP contribution in [0.4, 0.5) is 0 Å². The van der Waals surface area contributed by atoms with Gasteiger partial charge in [-0.3, -0.25) is 14.4 Å². The maximum absolute atomic E-state index is 12.5. The Hall–Kier alpha value is -1.97. The zero-order valence-corrected chi connectivity index (χ0v) is 13.8. The van der Waals surface area contributed by atoms with Crippen molar-refractivity contribution in [1.82, 2.24) is 0 Å². The molecule has 1 aliphatic rings. The van der Waals surface area contributed by atoms with Gasteiger partial charge in [0.1, 0.15) is 11.6 Å². The number of unbranched alkanes of at least 4 members (excludes halogenated alkanes) is 1. The summed E-state index contributed by atoms with van der Waals surface area (Å²) in [7, 11) is 1.36. The molecule has 1 aromatic rings. The first-order chi connectivity index (χ1) is 11.1. The molecule has 23 heavy (non-hydrogen) atoms. The summed E-state index contributed by atoms with van der Waals surface area (Å²) in [5.74, 6) is -1.69. The van der Waals surface area contributed by atoms with Gasteiger partial charge < -0.3 is 4.74 Å². The second-order valence-corrected chi connectivity index (χ2v) is 6.18. The molecule has 0 aromatic heterocycles. The minimum Gasteiger partial charge on any atom is -0.469 e. The largest absolute Gasteiger partial charge is 0.469 e. The number of esters is 1. The molecule has 0 spiro atoms. The lowest BCUT2D eigenvalue weighted by Gasteiger charge is -2.33. The first kappa shape index (κ1) is 17.4. The van der Waals surface area contributed by atoms with E-state index in [1.165, 1.54) is 7.11 Å². The molecule has 3 atom stereocenters. The molecule has 0 aliphatic heterocycles. The van der Waals surface area contributed by atoms with Crippen molar-refractivity contribution in [2.75, 3.05) is 7.11 Å². The summed E-state index contributed by atoms with van der Waals surface area (Å²) in [6.07, 6.45) is 2.62. The van der Waals surface area contributed by atoms with Gasteiger partial charge in [-0.15, -0.1) is 0 Å². The third-order valence-corrected chi connectivity index (χ3v) is 4.68. The van der Waals surface area contributed by atoms with Crippen LogP contribution in [0.15, 0.2) is 30.3 Å². The molecule has 0 amide bonds. The molecule has 0 radical (unpaired) electrons. The molecule has 1 aromatic carbocycles. The number of carbonyl (C=O) groups is 3. The molecule has 2 rings (SSSR count). The first-order valence-electron chi connectivity index (χ1n) is 8.26. The van der Waals surface area contributed by atoms with Gasteiger partial charge >= 0.3 is 5.97 Å². The SMILES string of the molecule is CCCCC(=O)C1CC(C(=O)OC)C(c2ccccc2)CC1=O. The highest BCUT2D eigenvalue weighted by Crippen LogP contribution is 2.40. The normalized spacial score (nSPS) is 24.3. The molecule has 1 saturated carbocycles. The number of ether oxygens (including phenoxy) is 1. The number of Topliss-reactive ketones (excluding diaryl/α,β-unsaturated/α-hetero) is 2. The van der Waals surface area contributed by atoms with Gasteiger partial charge in [-0.05, 0) is 18.4 Å². The number of methoxy groups -OCH3 is 1. The smallest absolute Gasteiger partial charge is 0.309 e. The first-order valence-corrected chi connectivity index (χ1v) is 8.26. The highest BCUT2D eigenvalue weighted by molar-refractivity contribution is 6.04. The quantitative estimate of drug-likeness (QED) is 0.597. The predicted octanol–water partition coefficient (Wildman–Crippen LogP) is 3.30. The maximum Gasteiger partial charge on any atom is 0.309 e. The summed E-state index contributed by atoms with van der Waals surface area (Å²) in [6.45, 7) is 2.01. The van der Waals surface area contributed by atoms with Crippen LogP contribution in [0.5, 0.6) is 0 Å². The number of rotatable bonds is 6. The Morgan fingerprint density at radius 3 is 2.52 bits per heavy atom. The van der Waals surface area contributed by atoms with E-state index in [9.17, 15) is 14.4 Å². The van der Waals surface area contributed by atoms with E-state index in [1.807, 2.05) is 37.3 Å². The van der Waals surface area contributed by atoms with Gasteiger partial charge in [0, 0.05) is 18.8 Å². The van der Waals surface area contributed by atoms with Crippen LogP contribution in [0.1, 0.15) is 50.5 Å². The minimum atomic E-state index is -0.648. The van der Waals surface area contributed by atoms with Gasteiger partial charge in [0.05, 0.1) is 18.9 Å². The second-order valence-electron chi connectivity index (χ2n) is 6.18. The molecular weight excluding hydrogens is 292 g/mol. The lowest BCUT2D eigenvalue weighted by molar-refractivity contribution is -0.150. The van der Waals surface area contributed by atoms with Gasteiger partial charge in [-0.25, -0.2) is 0 Å². The van der Waals surface area contributed by atoms with E-state index in [1.54, 1.807) is 0 Å². The zero-order valence-electron chi connectivity index (χ0n) is 13.8. The molecule has 124 valence electrons. The Morgan fingerprint density at radius 2 is 1.91 bits per heavy atom. The highest BCUT2D eigenvalue weighted by Gasteiger charge is 2.43. The van der Waals surface area contributed by atoms with Crippen LogP contribution in [0.2, 0.25) is 0 Å². The molecule has 0 bridgehead atoms. The van der Waals surface area contributed by atoms with E-state index in [0.29, 0.717) is 6.42 Å². The molecule has 4 nitrogen and oxygen atoms in total. The number of ketones is 2. The van der Waals surface area contributed by atoms with E-state index in [-0.39, 0.29) is 36.3 Å². The van der Waals surface area contributed by atoms with Crippen LogP contribution >= 0.6 is 0 Å². The minimum absolute atomic E-state index is 0.0303. The average molecular weight is 316 g/mol. The van der Waals surface area contributed by atoms with Gasteiger partial charge in [0.25, 0.3) is 0 Å². The fourth-order valence-corrected chi connectivity index (χ4v) is 3.35. The molecule has 0 heterocycles. The Morgan fingerprint density at radius 1 is 1.22 bits per heavy atom. The van der Waals surface area contributed by atoms with Crippen molar-refractivity contribution in [2.24, 2.45) is 11.8 Å². The van der Waals surface area contributed by atoms with E-state index in [4.69, 9.17) is 4.74 Å². The summed E-state index contributed by atoms with van der Waals surface area (Å²) in [4.78, 5) is 37.0. The second kappa shape index (κ2) is 8.04. The van der Waals surface area contributed by atoms with Crippen molar-refractivity contribution in [3.8, 4) is 0 Å². The summed E-state index contributed by atoms with van der Waals surface area (Å²) in [6, 6.07) is 9.54. The molecule has 3 unspecified atom stereocenters. The maximum atomic E-state index is 12.5. The molecule has 4 heteroatoms. The molecule has 1 aliphatic carbocycles. The number of benzene rings is 1. The number of carbonyl (C=O) groups excluding carboxylic acids is 3. The van der Waals surface area contributed by atoms with E-state index >= 15 is 0 Å². The van der Waals surface area contributed by atoms with Gasteiger partial charge in [-0.2, -0.15) is 0 Å². The van der Waals surface area contributed by atoms with Gasteiger partial charge in [0.2, 0.25) is 0 Å². The monoisotopic (exact) mass is 316 g/mol. The lowest BCUT2D eigenvalue weighted by atomic mass is 9.69. The number of hydrogen-bond donors (Lipinski definition) is 0. The van der Waals surface area contributed by atoms with E-state index in [0.717, 1.165) is 18.4 Å². The van der Waals surface area contributed by atoms with Crippen molar-refractivity contribution in [2.45, 2.75) is 44.9 Å². The fraction of sp³-hybridized carbons (Fsp3) is 0.526. The van der Waals surface area contributed by atoms with Crippen LogP contribution in [0, 0.1) is 11.8 Å². The lowest BCUT2D eigenvalue weighted by Crippen LogP contribution is -2.39. The van der Waals surface area contributed by atoms with Crippen molar-refractivity contribution in [3.63, 3.8) is 0 Å². The predicted molar refractivity (Wildman–Crippen MR) is 87.0 cm³/mol. The fourth-order valence-electron chi connectivity index (χ4n) is 3.35. The Balaban J connectivity index is 2.22. The van der Waals surface area contributed by atoms with Crippen LogP contribution < -0.4 is 0 Å². The Labute approximate surface area is 137 Å². The third kappa shape index (κ3) is 4.06. The number of hydrogen-bond acceptors (Lipinski definition) is 4. The van der Waals surface area contributed by atoms with Crippen molar-refractivity contribution in [1.29, 1.82) is 0 Å². The van der Waals surface area contributed by atoms with Crippen LogP contribution in [-0.4, -0.2) is 24.6 Å². The average Bonchev–Trinajstić information content (AvgIpc) is 2.59. The van der Waals surface area contributed by atoms with E-state index in [2.05, 4.69) is 0 Å². The van der Waals surface area contributed by atoms with Gasteiger partial charge in [-0.1, -0.05) is 43.7 Å². The molecule has 1 fully saturated rings. The summed E-state index contributed by atoms with van der Waals surface area (Å²) in [5, 5.41) is 0. The van der Waals surface area contributed by atoms with Gasteiger partial charge in [0.15, 0.2) is 0 Å². The summed E-state index contributed by atoms with van der Waals surface area (Å²) in [5.41, 5.74) is 0.954. The molecule has 0 saturated heterocycles. The van der Waals surface area contributed by atoms with Crippen LogP contribution in [0.25, 0.3) is 0 Å². The standard InChI is InChI=1S/C19H24O4/c1-3-4-10-17(20)16-11-15(19(22)23-2)14(12-18(16)21)13-8-6-5-7-9-13/h5-9,14-16H,3-4,10-12H2,1-2H3. The Bertz CT molecular complexity index is 564. The summed E-state index contributed by atoms with van der Waals surface area (Å²) < 4.78 is 4.92. The van der Waals surface area contributed by atoms with Crippen LogP contribution in [-0.2, 0) is 19.1 Å². The van der Waals surface area contributed by atoms with Crippen molar-refractivity contribution in [3.05, 3.63) is 35.9 Å². The topological polar surface area (TPSA) is 60.4 Å². The molecular formula is C19H24O4. The Kier molecular flexibility index (Phi) is 6.08.